The highest BCUT2D eigenvalue weighted by atomic mass is 19.1. The van der Waals surface area contributed by atoms with E-state index in [9.17, 15) is 14.0 Å². The molecule has 2 heterocycles. The zero-order valence-electron chi connectivity index (χ0n) is 10.5. The van der Waals surface area contributed by atoms with Gasteiger partial charge in [-0.3, -0.25) is 14.9 Å². The molecule has 2 N–H and O–H groups in total. The molecule has 2 aliphatic rings. The minimum Gasteiger partial charge on any atom is -0.475 e. The van der Waals surface area contributed by atoms with Gasteiger partial charge in [0.25, 0.3) is 5.91 Å². The molecule has 0 bridgehead atoms. The normalized spacial score (nSPS) is 33.4. The third-order valence-corrected chi connectivity index (χ3v) is 3.20. The fourth-order valence-electron chi connectivity index (χ4n) is 2.21. The number of imide groups is 1. The van der Waals surface area contributed by atoms with Crippen LogP contribution in [0.25, 0.3) is 0 Å². The number of alkyl halides is 1. The van der Waals surface area contributed by atoms with E-state index in [1.165, 1.54) is 6.08 Å². The number of rotatable bonds is 4. The van der Waals surface area contributed by atoms with Gasteiger partial charge in [0, 0.05) is 6.42 Å². The Hall–Kier alpha value is -1.91. The van der Waals surface area contributed by atoms with Crippen molar-refractivity contribution in [2.75, 3.05) is 13.2 Å². The zero-order valence-corrected chi connectivity index (χ0v) is 10.5. The number of aliphatic hydroxyl groups is 1. The Morgan fingerprint density at radius 2 is 2.35 bits per heavy atom. The molecule has 2 aliphatic heterocycles. The van der Waals surface area contributed by atoms with E-state index in [0.717, 1.165) is 0 Å². The average Bonchev–Trinajstić information content (AvgIpc) is 2.79. The Balaban J connectivity index is 2.14. The van der Waals surface area contributed by atoms with Crippen LogP contribution in [-0.2, 0) is 19.1 Å². The molecule has 6 nitrogen and oxygen atoms in total. The van der Waals surface area contributed by atoms with Gasteiger partial charge >= 0.3 is 0 Å². The van der Waals surface area contributed by atoms with Crippen LogP contribution in [0.2, 0.25) is 0 Å². The predicted octanol–water partition coefficient (Wildman–Crippen LogP) is -0.719. The summed E-state index contributed by atoms with van der Waals surface area (Å²) >= 11 is 0. The molecule has 0 aromatic rings. The standard InChI is InChI=1S/C13H14FNO5/c1-2-3-19-10-4-7(12(17)15-13(10)18)9-5-8(14)11(6-16)20-9/h1,4,7-9,11,16H,3,5-6H2,(H,15,17,18). The lowest BCUT2D eigenvalue weighted by molar-refractivity contribution is -0.136. The number of hydrogen-bond donors (Lipinski definition) is 2. The fourth-order valence-corrected chi connectivity index (χ4v) is 2.21. The van der Waals surface area contributed by atoms with Crippen LogP contribution in [0.4, 0.5) is 4.39 Å². The zero-order chi connectivity index (χ0) is 14.7. The Morgan fingerprint density at radius 3 is 2.95 bits per heavy atom. The summed E-state index contributed by atoms with van der Waals surface area (Å²) in [6, 6.07) is 0. The van der Waals surface area contributed by atoms with Gasteiger partial charge in [0.05, 0.1) is 18.6 Å². The van der Waals surface area contributed by atoms with Crippen LogP contribution >= 0.6 is 0 Å². The quantitative estimate of drug-likeness (QED) is 0.525. The molecular weight excluding hydrogens is 269 g/mol. The summed E-state index contributed by atoms with van der Waals surface area (Å²) in [5.74, 6) is -0.00334. The van der Waals surface area contributed by atoms with Crippen LogP contribution in [0.1, 0.15) is 6.42 Å². The second kappa shape index (κ2) is 6.03. The first kappa shape index (κ1) is 14.5. The van der Waals surface area contributed by atoms with Crippen molar-refractivity contribution in [3.05, 3.63) is 11.8 Å². The Kier molecular flexibility index (Phi) is 4.37. The summed E-state index contributed by atoms with van der Waals surface area (Å²) in [5, 5.41) is 11.1. The number of hydrogen-bond acceptors (Lipinski definition) is 5. The van der Waals surface area contributed by atoms with Gasteiger partial charge in [0.2, 0.25) is 5.91 Å². The third kappa shape index (κ3) is 2.81. The van der Waals surface area contributed by atoms with Gasteiger partial charge in [-0.25, -0.2) is 4.39 Å². The highest BCUT2D eigenvalue weighted by Crippen LogP contribution is 2.30. The summed E-state index contributed by atoms with van der Waals surface area (Å²) in [5.41, 5.74) is 0. The predicted molar refractivity (Wildman–Crippen MR) is 64.8 cm³/mol. The lowest BCUT2D eigenvalue weighted by Gasteiger charge is -2.24. The molecule has 0 aromatic heterocycles. The van der Waals surface area contributed by atoms with Crippen LogP contribution in [0.15, 0.2) is 11.8 Å². The Morgan fingerprint density at radius 1 is 1.60 bits per heavy atom. The largest absolute Gasteiger partial charge is 0.475 e. The van der Waals surface area contributed by atoms with Gasteiger partial charge in [-0.2, -0.15) is 0 Å². The maximum absolute atomic E-state index is 13.5. The monoisotopic (exact) mass is 283 g/mol. The molecule has 7 heteroatoms. The average molecular weight is 283 g/mol. The maximum atomic E-state index is 13.5. The van der Waals surface area contributed by atoms with Gasteiger partial charge in [0.15, 0.2) is 5.76 Å². The lowest BCUT2D eigenvalue weighted by Crippen LogP contribution is -2.45. The smallest absolute Gasteiger partial charge is 0.292 e. The van der Waals surface area contributed by atoms with Crippen molar-refractivity contribution in [2.45, 2.75) is 24.8 Å². The number of carbonyl (C=O) groups is 2. The molecule has 2 amide bonds. The van der Waals surface area contributed by atoms with E-state index in [1.54, 1.807) is 0 Å². The first-order chi connectivity index (χ1) is 9.56. The summed E-state index contributed by atoms with van der Waals surface area (Å²) in [6.45, 7) is -0.578. The number of terminal acetylenes is 1. The molecule has 20 heavy (non-hydrogen) atoms. The fraction of sp³-hybridized carbons (Fsp3) is 0.538. The summed E-state index contributed by atoms with van der Waals surface area (Å²) in [6.07, 6.45) is 3.23. The van der Waals surface area contributed by atoms with Crippen molar-refractivity contribution in [2.24, 2.45) is 5.92 Å². The molecule has 0 saturated carbocycles. The van der Waals surface area contributed by atoms with Crippen LogP contribution in [0.3, 0.4) is 0 Å². The van der Waals surface area contributed by atoms with Crippen molar-refractivity contribution < 1.29 is 28.6 Å². The molecular formula is C13H14FNO5. The van der Waals surface area contributed by atoms with E-state index in [1.807, 2.05) is 0 Å². The van der Waals surface area contributed by atoms with E-state index >= 15 is 0 Å². The second-order valence-corrected chi connectivity index (χ2v) is 4.52. The SMILES string of the molecule is C#CCOC1=CC(C2CC(F)C(CO)O2)C(=O)NC1=O. The molecule has 0 aliphatic carbocycles. The van der Waals surface area contributed by atoms with Crippen LogP contribution in [0, 0.1) is 18.3 Å². The Labute approximate surface area is 114 Å². The van der Waals surface area contributed by atoms with E-state index in [0.29, 0.717) is 0 Å². The second-order valence-electron chi connectivity index (χ2n) is 4.52. The number of ether oxygens (including phenoxy) is 2. The third-order valence-electron chi connectivity index (χ3n) is 3.20. The Bertz CT molecular complexity index is 484. The molecule has 1 fully saturated rings. The molecule has 1 saturated heterocycles. The van der Waals surface area contributed by atoms with Crippen LogP contribution < -0.4 is 5.32 Å². The molecule has 0 spiro atoms. The van der Waals surface area contributed by atoms with Crippen LogP contribution in [-0.4, -0.2) is 48.5 Å². The number of amides is 2. The minimum absolute atomic E-state index is 0.0313. The highest BCUT2D eigenvalue weighted by Gasteiger charge is 2.43. The van der Waals surface area contributed by atoms with E-state index in [4.69, 9.17) is 21.0 Å². The summed E-state index contributed by atoms with van der Waals surface area (Å²) in [4.78, 5) is 23.3. The molecule has 4 atom stereocenters. The molecule has 2 rings (SSSR count). The molecule has 0 aromatic carbocycles. The minimum atomic E-state index is -1.35. The van der Waals surface area contributed by atoms with Gasteiger partial charge in [-0.05, 0) is 6.08 Å². The van der Waals surface area contributed by atoms with Crippen molar-refractivity contribution in [3.8, 4) is 12.3 Å². The van der Waals surface area contributed by atoms with Gasteiger partial charge in [0.1, 0.15) is 18.9 Å². The summed E-state index contributed by atoms with van der Waals surface area (Å²) in [7, 11) is 0. The summed E-state index contributed by atoms with van der Waals surface area (Å²) < 4.78 is 23.8. The van der Waals surface area contributed by atoms with E-state index in [2.05, 4.69) is 11.2 Å². The van der Waals surface area contributed by atoms with E-state index in [-0.39, 0.29) is 18.8 Å². The topological polar surface area (TPSA) is 84.9 Å². The van der Waals surface area contributed by atoms with Gasteiger partial charge < -0.3 is 14.6 Å². The van der Waals surface area contributed by atoms with Crippen molar-refractivity contribution in [1.29, 1.82) is 0 Å². The lowest BCUT2D eigenvalue weighted by atomic mass is 9.95. The number of nitrogens with one attached hydrogen (secondary N) is 1. The van der Waals surface area contributed by atoms with Crippen molar-refractivity contribution >= 4 is 11.8 Å². The maximum Gasteiger partial charge on any atom is 0.292 e. The first-order valence-corrected chi connectivity index (χ1v) is 6.10. The van der Waals surface area contributed by atoms with Crippen molar-refractivity contribution in [3.63, 3.8) is 0 Å². The number of carbonyl (C=O) groups excluding carboxylic acids is 2. The molecule has 108 valence electrons. The highest BCUT2D eigenvalue weighted by molar-refractivity contribution is 6.07. The van der Waals surface area contributed by atoms with Gasteiger partial charge in [-0.15, -0.1) is 6.42 Å². The van der Waals surface area contributed by atoms with Crippen molar-refractivity contribution in [1.82, 2.24) is 5.32 Å². The van der Waals surface area contributed by atoms with E-state index < -0.39 is 42.7 Å². The molecule has 4 unspecified atom stereocenters. The number of halogens is 1. The van der Waals surface area contributed by atoms with Gasteiger partial charge in [-0.1, -0.05) is 5.92 Å². The van der Waals surface area contributed by atoms with Crippen LogP contribution in [0.5, 0.6) is 0 Å². The number of aliphatic hydroxyl groups excluding tert-OH is 1. The molecule has 0 radical (unpaired) electrons. The first-order valence-electron chi connectivity index (χ1n) is 6.10.